The van der Waals surface area contributed by atoms with Crippen LogP contribution in [-0.2, 0) is 0 Å². The van der Waals surface area contributed by atoms with E-state index in [2.05, 4.69) is 17.1 Å². The van der Waals surface area contributed by atoms with Crippen LogP contribution in [0.4, 0.5) is 0 Å². The molecule has 0 amide bonds. The van der Waals surface area contributed by atoms with Gasteiger partial charge in [0.1, 0.15) is 0 Å². The van der Waals surface area contributed by atoms with Crippen LogP contribution in [0.15, 0.2) is 0 Å². The Bertz CT molecular complexity index is 245. The molecule has 2 bridgehead atoms. The van der Waals surface area contributed by atoms with E-state index in [9.17, 15) is 0 Å². The maximum absolute atomic E-state index is 3.52. The molecule has 3 aliphatic rings. The van der Waals surface area contributed by atoms with Crippen molar-refractivity contribution in [1.29, 1.82) is 0 Å². The van der Waals surface area contributed by atoms with E-state index in [1.54, 1.807) is 12.8 Å². The van der Waals surface area contributed by atoms with Crippen LogP contribution in [0.25, 0.3) is 0 Å². The van der Waals surface area contributed by atoms with Gasteiger partial charge in [0.05, 0.1) is 0 Å². The fraction of sp³-hybridized carbons (Fsp3) is 1.00. The van der Waals surface area contributed by atoms with Gasteiger partial charge in [-0.25, -0.2) is 0 Å². The molecule has 0 aromatic heterocycles. The Hall–Kier alpha value is -0.0800. The van der Waals surface area contributed by atoms with Crippen LogP contribution in [0.1, 0.15) is 45.4 Å². The molecule has 0 spiro atoms. The number of nitrogens with zero attached hydrogens (tertiary/aromatic N) is 1. The minimum Gasteiger partial charge on any atom is -0.317 e. The second-order valence-corrected chi connectivity index (χ2v) is 6.57. The third-order valence-corrected chi connectivity index (χ3v) is 5.59. The van der Waals surface area contributed by atoms with Crippen molar-refractivity contribution in [2.45, 2.75) is 51.5 Å². The molecule has 4 unspecified atom stereocenters. The summed E-state index contributed by atoms with van der Waals surface area (Å²) in [6.45, 7) is 7.60. The largest absolute Gasteiger partial charge is 0.317 e. The number of fused-ring (bicyclic) bond motifs is 2. The quantitative estimate of drug-likeness (QED) is 0.792. The topological polar surface area (TPSA) is 15.3 Å². The van der Waals surface area contributed by atoms with Gasteiger partial charge in [-0.1, -0.05) is 6.42 Å². The highest BCUT2D eigenvalue weighted by Crippen LogP contribution is 2.50. The van der Waals surface area contributed by atoms with Gasteiger partial charge in [-0.05, 0) is 83.0 Å². The molecular weight excluding hydrogens is 208 g/mol. The third-order valence-electron chi connectivity index (χ3n) is 5.59. The Kier molecular flexibility index (Phi) is 3.72. The van der Waals surface area contributed by atoms with Gasteiger partial charge in [-0.3, -0.25) is 0 Å². The van der Waals surface area contributed by atoms with E-state index in [0.717, 1.165) is 23.8 Å². The number of rotatable bonds is 2. The average Bonchev–Trinajstić information content (AvgIpc) is 2.89. The molecule has 3 rings (SSSR count). The van der Waals surface area contributed by atoms with Gasteiger partial charge >= 0.3 is 0 Å². The molecule has 0 aromatic carbocycles. The van der Waals surface area contributed by atoms with Gasteiger partial charge in [0.15, 0.2) is 0 Å². The summed E-state index contributed by atoms with van der Waals surface area (Å²) in [5, 5.41) is 3.52. The Morgan fingerprint density at radius 3 is 2.41 bits per heavy atom. The molecule has 0 radical (unpaired) electrons. The highest BCUT2D eigenvalue weighted by Gasteiger charge is 2.42. The van der Waals surface area contributed by atoms with Crippen molar-refractivity contribution in [3.05, 3.63) is 0 Å². The zero-order chi connectivity index (χ0) is 11.7. The third kappa shape index (κ3) is 2.53. The van der Waals surface area contributed by atoms with Gasteiger partial charge in [0, 0.05) is 6.04 Å². The molecule has 1 N–H and O–H groups in total. The molecule has 4 atom stereocenters. The standard InChI is InChI=1S/C15H28N2/c1-12(15-11-13-4-5-14(15)10-13)17-8-2-6-16-7-3-9-17/h12-16H,2-11H2,1H3. The second-order valence-electron chi connectivity index (χ2n) is 6.57. The van der Waals surface area contributed by atoms with E-state index in [4.69, 9.17) is 0 Å². The maximum atomic E-state index is 3.52. The number of nitrogens with one attached hydrogen (secondary N) is 1. The average molecular weight is 236 g/mol. The van der Waals surface area contributed by atoms with Crippen molar-refractivity contribution in [2.75, 3.05) is 26.2 Å². The first kappa shape index (κ1) is 12.0. The Morgan fingerprint density at radius 2 is 1.82 bits per heavy atom. The molecular formula is C15H28N2. The Labute approximate surface area is 106 Å². The zero-order valence-corrected chi connectivity index (χ0v) is 11.3. The smallest absolute Gasteiger partial charge is 0.00979 e. The summed E-state index contributed by atoms with van der Waals surface area (Å²) in [5.41, 5.74) is 0. The molecule has 1 saturated heterocycles. The van der Waals surface area contributed by atoms with E-state index in [0.29, 0.717) is 0 Å². The summed E-state index contributed by atoms with van der Waals surface area (Å²) in [6.07, 6.45) is 8.86. The summed E-state index contributed by atoms with van der Waals surface area (Å²) in [4.78, 5) is 2.80. The van der Waals surface area contributed by atoms with Crippen LogP contribution in [0.5, 0.6) is 0 Å². The highest BCUT2D eigenvalue weighted by molar-refractivity contribution is 4.94. The minimum atomic E-state index is 0.850. The molecule has 17 heavy (non-hydrogen) atoms. The number of hydrogen-bond acceptors (Lipinski definition) is 2. The van der Waals surface area contributed by atoms with E-state index < -0.39 is 0 Å². The monoisotopic (exact) mass is 236 g/mol. The first-order valence-corrected chi connectivity index (χ1v) is 7.79. The highest BCUT2D eigenvalue weighted by atomic mass is 15.2. The zero-order valence-electron chi connectivity index (χ0n) is 11.3. The van der Waals surface area contributed by atoms with Gasteiger partial charge in [-0.15, -0.1) is 0 Å². The summed E-state index contributed by atoms with van der Waals surface area (Å²) < 4.78 is 0. The first-order valence-electron chi connectivity index (χ1n) is 7.79. The molecule has 2 saturated carbocycles. The van der Waals surface area contributed by atoms with Gasteiger partial charge in [0.25, 0.3) is 0 Å². The van der Waals surface area contributed by atoms with Crippen LogP contribution in [-0.4, -0.2) is 37.1 Å². The van der Waals surface area contributed by atoms with Gasteiger partial charge in [-0.2, -0.15) is 0 Å². The summed E-state index contributed by atoms with van der Waals surface area (Å²) in [5.74, 6) is 3.21. The maximum Gasteiger partial charge on any atom is 0.00979 e. The summed E-state index contributed by atoms with van der Waals surface area (Å²) in [7, 11) is 0. The van der Waals surface area contributed by atoms with Crippen molar-refractivity contribution in [2.24, 2.45) is 17.8 Å². The molecule has 98 valence electrons. The normalized spacial score (nSPS) is 41.1. The van der Waals surface area contributed by atoms with E-state index in [-0.39, 0.29) is 0 Å². The SMILES string of the molecule is CC(C1CC2CCC1C2)N1CCCNCCC1. The lowest BCUT2D eigenvalue weighted by atomic mass is 9.83. The summed E-state index contributed by atoms with van der Waals surface area (Å²) >= 11 is 0. The predicted molar refractivity (Wildman–Crippen MR) is 72.1 cm³/mol. The van der Waals surface area contributed by atoms with Crippen molar-refractivity contribution in [3.8, 4) is 0 Å². The summed E-state index contributed by atoms with van der Waals surface area (Å²) in [6, 6.07) is 0.850. The van der Waals surface area contributed by atoms with Gasteiger partial charge < -0.3 is 10.2 Å². The van der Waals surface area contributed by atoms with Crippen molar-refractivity contribution < 1.29 is 0 Å². The second kappa shape index (κ2) is 5.27. The first-order chi connectivity index (χ1) is 8.34. The molecule has 2 nitrogen and oxygen atoms in total. The molecule has 3 fully saturated rings. The van der Waals surface area contributed by atoms with Crippen molar-refractivity contribution in [1.82, 2.24) is 10.2 Å². The van der Waals surface area contributed by atoms with Crippen LogP contribution < -0.4 is 5.32 Å². The fourth-order valence-electron chi connectivity index (χ4n) is 4.61. The predicted octanol–water partition coefficient (Wildman–Crippen LogP) is 2.50. The Morgan fingerprint density at radius 1 is 1.06 bits per heavy atom. The lowest BCUT2D eigenvalue weighted by molar-refractivity contribution is 0.112. The lowest BCUT2D eigenvalue weighted by Crippen LogP contribution is -2.44. The van der Waals surface area contributed by atoms with Crippen LogP contribution >= 0.6 is 0 Å². The lowest BCUT2D eigenvalue weighted by Gasteiger charge is -2.38. The van der Waals surface area contributed by atoms with E-state index >= 15 is 0 Å². The molecule has 0 aromatic rings. The van der Waals surface area contributed by atoms with E-state index in [1.165, 1.54) is 51.9 Å². The Balaban J connectivity index is 1.58. The van der Waals surface area contributed by atoms with Crippen LogP contribution in [0, 0.1) is 17.8 Å². The number of hydrogen-bond donors (Lipinski definition) is 1. The van der Waals surface area contributed by atoms with Gasteiger partial charge in [0.2, 0.25) is 0 Å². The minimum absolute atomic E-state index is 0.850. The van der Waals surface area contributed by atoms with E-state index in [1.807, 2.05) is 0 Å². The van der Waals surface area contributed by atoms with Crippen LogP contribution in [0.2, 0.25) is 0 Å². The molecule has 2 heteroatoms. The molecule has 1 heterocycles. The molecule has 2 aliphatic carbocycles. The van der Waals surface area contributed by atoms with Crippen molar-refractivity contribution >= 4 is 0 Å². The van der Waals surface area contributed by atoms with Crippen LogP contribution in [0.3, 0.4) is 0 Å². The van der Waals surface area contributed by atoms with Crippen molar-refractivity contribution in [3.63, 3.8) is 0 Å². The molecule has 1 aliphatic heterocycles. The fourth-order valence-corrected chi connectivity index (χ4v) is 4.61.